The van der Waals surface area contributed by atoms with E-state index in [0.717, 1.165) is 17.7 Å². The SMILES string of the molecule is CC(C)n1nc2c(c1C#N)COCC2. The van der Waals surface area contributed by atoms with E-state index < -0.39 is 0 Å². The summed E-state index contributed by atoms with van der Waals surface area (Å²) in [4.78, 5) is 0. The molecule has 1 aromatic rings. The molecule has 14 heavy (non-hydrogen) atoms. The van der Waals surface area contributed by atoms with Crippen LogP contribution in [-0.2, 0) is 17.8 Å². The number of rotatable bonds is 1. The van der Waals surface area contributed by atoms with Gasteiger partial charge < -0.3 is 4.74 Å². The molecule has 0 amide bonds. The lowest BCUT2D eigenvalue weighted by Crippen LogP contribution is -2.09. The summed E-state index contributed by atoms with van der Waals surface area (Å²) in [7, 11) is 0. The number of nitriles is 1. The normalized spacial score (nSPS) is 15.3. The van der Waals surface area contributed by atoms with Crippen LogP contribution in [0.15, 0.2) is 0 Å². The number of fused-ring (bicyclic) bond motifs is 1. The lowest BCUT2D eigenvalue weighted by atomic mass is 10.1. The number of ether oxygens (including phenoxy) is 1. The average molecular weight is 191 g/mol. The van der Waals surface area contributed by atoms with Crippen LogP contribution in [0.1, 0.15) is 36.8 Å². The van der Waals surface area contributed by atoms with Crippen LogP contribution in [0.25, 0.3) is 0 Å². The highest BCUT2D eigenvalue weighted by Gasteiger charge is 2.21. The second-order valence-corrected chi connectivity index (χ2v) is 3.73. The van der Waals surface area contributed by atoms with Gasteiger partial charge in [0.05, 0.1) is 18.9 Å². The Bertz CT molecular complexity index is 387. The molecule has 0 saturated heterocycles. The number of aromatic nitrogens is 2. The largest absolute Gasteiger partial charge is 0.376 e. The Labute approximate surface area is 83.1 Å². The van der Waals surface area contributed by atoms with Gasteiger partial charge in [-0.25, -0.2) is 0 Å². The summed E-state index contributed by atoms with van der Waals surface area (Å²) in [5.74, 6) is 0. The van der Waals surface area contributed by atoms with E-state index in [1.807, 2.05) is 13.8 Å². The Morgan fingerprint density at radius 3 is 3.00 bits per heavy atom. The van der Waals surface area contributed by atoms with Crippen molar-refractivity contribution in [1.29, 1.82) is 5.26 Å². The van der Waals surface area contributed by atoms with Crippen molar-refractivity contribution in [2.24, 2.45) is 0 Å². The van der Waals surface area contributed by atoms with E-state index in [4.69, 9.17) is 10.00 Å². The van der Waals surface area contributed by atoms with Crippen molar-refractivity contribution in [1.82, 2.24) is 9.78 Å². The Morgan fingerprint density at radius 2 is 2.36 bits per heavy atom. The summed E-state index contributed by atoms with van der Waals surface area (Å²) in [6.07, 6.45) is 0.823. The summed E-state index contributed by atoms with van der Waals surface area (Å²) in [6.45, 7) is 5.30. The first kappa shape index (κ1) is 9.22. The van der Waals surface area contributed by atoms with Crippen molar-refractivity contribution in [3.05, 3.63) is 17.0 Å². The summed E-state index contributed by atoms with van der Waals surface area (Å²) >= 11 is 0. The van der Waals surface area contributed by atoms with Gasteiger partial charge in [0.15, 0.2) is 0 Å². The van der Waals surface area contributed by atoms with E-state index >= 15 is 0 Å². The summed E-state index contributed by atoms with van der Waals surface area (Å²) in [6, 6.07) is 2.44. The molecule has 0 fully saturated rings. The van der Waals surface area contributed by atoms with Crippen LogP contribution in [0, 0.1) is 11.3 Å². The van der Waals surface area contributed by atoms with Gasteiger partial charge in [-0.2, -0.15) is 10.4 Å². The lowest BCUT2D eigenvalue weighted by Gasteiger charge is -2.09. The molecule has 0 aromatic carbocycles. The maximum absolute atomic E-state index is 9.05. The van der Waals surface area contributed by atoms with Gasteiger partial charge in [0, 0.05) is 18.0 Å². The van der Waals surface area contributed by atoms with E-state index in [0.29, 0.717) is 18.9 Å². The molecule has 0 bridgehead atoms. The van der Waals surface area contributed by atoms with Crippen LogP contribution in [0.2, 0.25) is 0 Å². The number of nitrogens with zero attached hydrogens (tertiary/aromatic N) is 3. The van der Waals surface area contributed by atoms with E-state index in [-0.39, 0.29) is 6.04 Å². The topological polar surface area (TPSA) is 50.8 Å². The fraction of sp³-hybridized carbons (Fsp3) is 0.600. The third-order valence-electron chi connectivity index (χ3n) is 2.42. The van der Waals surface area contributed by atoms with Crippen molar-refractivity contribution in [3.8, 4) is 6.07 Å². The van der Waals surface area contributed by atoms with Gasteiger partial charge in [-0.05, 0) is 13.8 Å². The molecule has 0 spiro atoms. The zero-order chi connectivity index (χ0) is 10.1. The fourth-order valence-corrected chi connectivity index (χ4v) is 1.70. The first-order valence-corrected chi connectivity index (χ1v) is 4.82. The van der Waals surface area contributed by atoms with Crippen LogP contribution >= 0.6 is 0 Å². The molecule has 0 unspecified atom stereocenters. The molecule has 0 radical (unpaired) electrons. The second-order valence-electron chi connectivity index (χ2n) is 3.73. The minimum absolute atomic E-state index is 0.232. The summed E-state index contributed by atoms with van der Waals surface area (Å²) < 4.78 is 7.12. The molecule has 0 atom stereocenters. The Kier molecular flexibility index (Phi) is 2.26. The lowest BCUT2D eigenvalue weighted by molar-refractivity contribution is 0.110. The van der Waals surface area contributed by atoms with Gasteiger partial charge in [0.25, 0.3) is 0 Å². The first-order valence-electron chi connectivity index (χ1n) is 4.82. The van der Waals surface area contributed by atoms with E-state index in [1.54, 1.807) is 4.68 Å². The van der Waals surface area contributed by atoms with Crippen LogP contribution < -0.4 is 0 Å². The molecule has 74 valence electrons. The maximum atomic E-state index is 9.05. The summed E-state index contributed by atoms with van der Waals surface area (Å²) in [5.41, 5.74) is 2.67. The van der Waals surface area contributed by atoms with Gasteiger partial charge >= 0.3 is 0 Å². The van der Waals surface area contributed by atoms with Crippen molar-refractivity contribution in [2.75, 3.05) is 6.61 Å². The van der Waals surface area contributed by atoms with Crippen molar-refractivity contribution >= 4 is 0 Å². The third kappa shape index (κ3) is 1.30. The van der Waals surface area contributed by atoms with E-state index in [9.17, 15) is 0 Å². The molecule has 1 aromatic heterocycles. The Balaban J connectivity index is 2.53. The average Bonchev–Trinajstić information content (AvgIpc) is 2.56. The highest BCUT2D eigenvalue weighted by molar-refractivity contribution is 5.36. The minimum Gasteiger partial charge on any atom is -0.376 e. The molecule has 4 heteroatoms. The molecule has 0 N–H and O–H groups in total. The van der Waals surface area contributed by atoms with Crippen LogP contribution in [-0.4, -0.2) is 16.4 Å². The molecular weight excluding hydrogens is 178 g/mol. The van der Waals surface area contributed by atoms with Crippen LogP contribution in [0.5, 0.6) is 0 Å². The first-order chi connectivity index (χ1) is 6.74. The quantitative estimate of drug-likeness (QED) is 0.674. The number of hydrogen-bond donors (Lipinski definition) is 0. The second kappa shape index (κ2) is 3.43. The van der Waals surface area contributed by atoms with E-state index in [1.165, 1.54) is 0 Å². The van der Waals surface area contributed by atoms with Gasteiger partial charge in [-0.3, -0.25) is 4.68 Å². The molecule has 0 aliphatic carbocycles. The van der Waals surface area contributed by atoms with E-state index in [2.05, 4.69) is 11.2 Å². The molecule has 2 rings (SSSR count). The van der Waals surface area contributed by atoms with Crippen LogP contribution in [0.3, 0.4) is 0 Å². The van der Waals surface area contributed by atoms with Crippen molar-refractivity contribution < 1.29 is 4.74 Å². The summed E-state index contributed by atoms with van der Waals surface area (Å²) in [5, 5.41) is 13.5. The molecular formula is C10H13N3O. The molecule has 2 heterocycles. The van der Waals surface area contributed by atoms with Gasteiger partial charge in [0.1, 0.15) is 11.8 Å². The monoisotopic (exact) mass is 191 g/mol. The smallest absolute Gasteiger partial charge is 0.144 e. The molecule has 4 nitrogen and oxygen atoms in total. The molecule has 1 aliphatic rings. The van der Waals surface area contributed by atoms with Gasteiger partial charge in [-0.1, -0.05) is 0 Å². The number of hydrogen-bond acceptors (Lipinski definition) is 3. The highest BCUT2D eigenvalue weighted by atomic mass is 16.5. The van der Waals surface area contributed by atoms with Gasteiger partial charge in [-0.15, -0.1) is 0 Å². The Morgan fingerprint density at radius 1 is 1.57 bits per heavy atom. The van der Waals surface area contributed by atoms with Crippen molar-refractivity contribution in [2.45, 2.75) is 32.9 Å². The minimum atomic E-state index is 0.232. The predicted molar refractivity (Wildman–Crippen MR) is 50.7 cm³/mol. The standard InChI is InChI=1S/C10H13N3O/c1-7(2)13-10(5-11)8-6-14-4-3-9(8)12-13/h7H,3-4,6H2,1-2H3. The fourth-order valence-electron chi connectivity index (χ4n) is 1.70. The maximum Gasteiger partial charge on any atom is 0.144 e. The zero-order valence-corrected chi connectivity index (χ0v) is 8.45. The van der Waals surface area contributed by atoms with Gasteiger partial charge in [0.2, 0.25) is 0 Å². The highest BCUT2D eigenvalue weighted by Crippen LogP contribution is 2.22. The Hall–Kier alpha value is -1.34. The van der Waals surface area contributed by atoms with Crippen LogP contribution in [0.4, 0.5) is 0 Å². The predicted octanol–water partition coefficient (Wildman–Crippen LogP) is 1.41. The molecule has 1 aliphatic heterocycles. The molecule has 0 saturated carbocycles. The zero-order valence-electron chi connectivity index (χ0n) is 8.45. The van der Waals surface area contributed by atoms with Crippen molar-refractivity contribution in [3.63, 3.8) is 0 Å². The third-order valence-corrected chi connectivity index (χ3v) is 2.42.